The van der Waals surface area contributed by atoms with Crippen LogP contribution in [0.2, 0.25) is 0 Å². The lowest BCUT2D eigenvalue weighted by atomic mass is 10.1. The lowest BCUT2D eigenvalue weighted by molar-refractivity contribution is 0.253. The van der Waals surface area contributed by atoms with Gasteiger partial charge in [0.15, 0.2) is 0 Å². The Kier molecular flexibility index (Phi) is 2.96. The van der Waals surface area contributed by atoms with Crippen LogP contribution in [0.4, 0.5) is 0 Å². The highest BCUT2D eigenvalue weighted by Gasteiger charge is 2.18. The van der Waals surface area contributed by atoms with Crippen LogP contribution in [0, 0.1) is 6.92 Å². The van der Waals surface area contributed by atoms with Crippen LogP contribution in [0.1, 0.15) is 17.4 Å². The monoisotopic (exact) mass is 218 g/mol. The highest BCUT2D eigenvalue weighted by Crippen LogP contribution is 2.28. The third kappa shape index (κ3) is 1.71. The van der Waals surface area contributed by atoms with Crippen LogP contribution < -0.4 is 11.3 Å². The summed E-state index contributed by atoms with van der Waals surface area (Å²) < 4.78 is 0. The van der Waals surface area contributed by atoms with Crippen molar-refractivity contribution in [3.8, 4) is 0 Å². The molecule has 0 bridgehead atoms. The van der Waals surface area contributed by atoms with E-state index in [2.05, 4.69) is 34.4 Å². The Bertz CT molecular complexity index is 487. The summed E-state index contributed by atoms with van der Waals surface area (Å²) in [5, 5.41) is 1.22. The van der Waals surface area contributed by atoms with Crippen molar-refractivity contribution < 1.29 is 0 Å². The van der Waals surface area contributed by atoms with Crippen LogP contribution in [0.3, 0.4) is 0 Å². The molecule has 1 heterocycles. The van der Waals surface area contributed by atoms with Gasteiger partial charge in [0.1, 0.15) is 6.17 Å². The number of hydrogen-bond donors (Lipinski definition) is 3. The van der Waals surface area contributed by atoms with E-state index in [1.54, 1.807) is 0 Å². The van der Waals surface area contributed by atoms with Gasteiger partial charge in [0.05, 0.1) is 0 Å². The SMILES string of the molecule is Cc1[nH]c2ccccc2c1C(NN)N(C)C. The van der Waals surface area contributed by atoms with Gasteiger partial charge in [0, 0.05) is 22.2 Å². The number of benzene rings is 1. The van der Waals surface area contributed by atoms with Crippen LogP contribution in [0.5, 0.6) is 0 Å². The van der Waals surface area contributed by atoms with E-state index < -0.39 is 0 Å². The molecule has 86 valence electrons. The van der Waals surface area contributed by atoms with E-state index in [0.29, 0.717) is 0 Å². The van der Waals surface area contributed by atoms with Crippen LogP contribution in [0.25, 0.3) is 10.9 Å². The van der Waals surface area contributed by atoms with Gasteiger partial charge < -0.3 is 4.98 Å². The Morgan fingerprint density at radius 3 is 2.62 bits per heavy atom. The number of rotatable bonds is 3. The van der Waals surface area contributed by atoms with E-state index in [9.17, 15) is 0 Å². The normalized spacial score (nSPS) is 13.6. The minimum atomic E-state index is 0.0242. The summed E-state index contributed by atoms with van der Waals surface area (Å²) in [4.78, 5) is 5.43. The minimum absolute atomic E-state index is 0.0242. The van der Waals surface area contributed by atoms with Crippen molar-refractivity contribution >= 4 is 10.9 Å². The second-order valence-corrected chi connectivity index (χ2v) is 4.24. The zero-order chi connectivity index (χ0) is 11.7. The van der Waals surface area contributed by atoms with E-state index in [4.69, 9.17) is 5.84 Å². The van der Waals surface area contributed by atoms with Gasteiger partial charge in [-0.1, -0.05) is 18.2 Å². The molecule has 2 aromatic rings. The lowest BCUT2D eigenvalue weighted by Gasteiger charge is -2.23. The van der Waals surface area contributed by atoms with E-state index in [1.165, 1.54) is 10.9 Å². The first-order chi connectivity index (χ1) is 7.65. The summed E-state index contributed by atoms with van der Waals surface area (Å²) in [6.45, 7) is 2.07. The molecule has 16 heavy (non-hydrogen) atoms. The summed E-state index contributed by atoms with van der Waals surface area (Å²) in [6, 6.07) is 8.27. The number of hydrogen-bond acceptors (Lipinski definition) is 3. The smallest absolute Gasteiger partial charge is 0.100 e. The van der Waals surface area contributed by atoms with E-state index in [-0.39, 0.29) is 6.17 Å². The fourth-order valence-corrected chi connectivity index (χ4v) is 2.14. The molecular formula is C12H18N4. The molecule has 0 saturated carbocycles. The Balaban J connectivity index is 2.62. The second-order valence-electron chi connectivity index (χ2n) is 4.24. The highest BCUT2D eigenvalue weighted by atomic mass is 15.4. The van der Waals surface area contributed by atoms with Crippen LogP contribution in [-0.4, -0.2) is 24.0 Å². The molecule has 2 rings (SSSR count). The molecule has 4 N–H and O–H groups in total. The lowest BCUT2D eigenvalue weighted by Crippen LogP contribution is -2.38. The largest absolute Gasteiger partial charge is 0.358 e. The summed E-state index contributed by atoms with van der Waals surface area (Å²) in [5.41, 5.74) is 6.35. The number of aromatic nitrogens is 1. The molecule has 0 aliphatic heterocycles. The fraction of sp³-hybridized carbons (Fsp3) is 0.333. The number of fused-ring (bicyclic) bond motifs is 1. The molecule has 1 unspecified atom stereocenters. The zero-order valence-electron chi connectivity index (χ0n) is 9.91. The number of nitrogens with zero attached hydrogens (tertiary/aromatic N) is 1. The molecule has 0 aliphatic carbocycles. The molecule has 0 fully saturated rings. The number of H-pyrrole nitrogens is 1. The molecule has 1 aromatic carbocycles. The third-order valence-corrected chi connectivity index (χ3v) is 2.89. The van der Waals surface area contributed by atoms with Crippen molar-refractivity contribution in [2.24, 2.45) is 5.84 Å². The second kappa shape index (κ2) is 4.25. The number of para-hydroxylation sites is 1. The maximum Gasteiger partial charge on any atom is 0.100 e. The van der Waals surface area contributed by atoms with E-state index >= 15 is 0 Å². The Morgan fingerprint density at radius 1 is 1.31 bits per heavy atom. The van der Waals surface area contributed by atoms with Crippen LogP contribution in [-0.2, 0) is 0 Å². The van der Waals surface area contributed by atoms with E-state index in [0.717, 1.165) is 11.2 Å². The zero-order valence-corrected chi connectivity index (χ0v) is 9.91. The van der Waals surface area contributed by atoms with Crippen LogP contribution >= 0.6 is 0 Å². The van der Waals surface area contributed by atoms with Crippen molar-refractivity contribution in [1.82, 2.24) is 15.3 Å². The van der Waals surface area contributed by atoms with Crippen molar-refractivity contribution in [1.29, 1.82) is 0 Å². The molecule has 4 nitrogen and oxygen atoms in total. The van der Waals surface area contributed by atoms with Gasteiger partial charge in [-0.15, -0.1) is 0 Å². The summed E-state index contributed by atoms with van der Waals surface area (Å²) in [5.74, 6) is 5.62. The maximum absolute atomic E-state index is 5.62. The standard InChI is InChI=1S/C12H18N4/c1-8-11(12(15-13)16(2)3)9-6-4-5-7-10(9)14-8/h4-7,12,14-15H,13H2,1-3H3. The van der Waals surface area contributed by atoms with Crippen molar-refractivity contribution in [3.05, 3.63) is 35.5 Å². The van der Waals surface area contributed by atoms with Gasteiger partial charge in [-0.25, -0.2) is 5.43 Å². The molecular weight excluding hydrogens is 200 g/mol. The first-order valence-corrected chi connectivity index (χ1v) is 5.35. The summed E-state index contributed by atoms with van der Waals surface area (Å²) in [7, 11) is 4.01. The fourth-order valence-electron chi connectivity index (χ4n) is 2.14. The van der Waals surface area contributed by atoms with Crippen molar-refractivity contribution in [2.75, 3.05) is 14.1 Å². The third-order valence-electron chi connectivity index (χ3n) is 2.89. The first kappa shape index (κ1) is 11.1. The van der Waals surface area contributed by atoms with Gasteiger partial charge in [0.25, 0.3) is 0 Å². The Hall–Kier alpha value is -1.36. The van der Waals surface area contributed by atoms with Gasteiger partial charge in [0.2, 0.25) is 0 Å². The summed E-state index contributed by atoms with van der Waals surface area (Å²) >= 11 is 0. The predicted molar refractivity (Wildman–Crippen MR) is 66.8 cm³/mol. The molecule has 1 atom stereocenters. The topological polar surface area (TPSA) is 57.1 Å². The van der Waals surface area contributed by atoms with E-state index in [1.807, 2.05) is 26.2 Å². The molecule has 0 radical (unpaired) electrons. The Morgan fingerprint density at radius 2 is 2.00 bits per heavy atom. The average Bonchev–Trinajstić information content (AvgIpc) is 2.57. The number of hydrazine groups is 1. The first-order valence-electron chi connectivity index (χ1n) is 5.35. The van der Waals surface area contributed by atoms with Gasteiger partial charge in [-0.2, -0.15) is 0 Å². The predicted octanol–water partition coefficient (Wildman–Crippen LogP) is 1.50. The molecule has 0 amide bonds. The Labute approximate surface area is 95.4 Å². The number of aromatic amines is 1. The number of aryl methyl sites for hydroxylation is 1. The number of nitrogens with two attached hydrogens (primary N) is 1. The van der Waals surface area contributed by atoms with Gasteiger partial charge in [-0.3, -0.25) is 10.7 Å². The van der Waals surface area contributed by atoms with Crippen LogP contribution in [0.15, 0.2) is 24.3 Å². The summed E-state index contributed by atoms with van der Waals surface area (Å²) in [6.07, 6.45) is 0.0242. The van der Waals surface area contributed by atoms with Crippen molar-refractivity contribution in [3.63, 3.8) is 0 Å². The molecule has 0 spiro atoms. The highest BCUT2D eigenvalue weighted by molar-refractivity contribution is 5.85. The van der Waals surface area contributed by atoms with Gasteiger partial charge >= 0.3 is 0 Å². The average molecular weight is 218 g/mol. The molecule has 0 aliphatic rings. The molecule has 1 aromatic heterocycles. The van der Waals surface area contributed by atoms with Crippen molar-refractivity contribution in [2.45, 2.75) is 13.1 Å². The molecule has 0 saturated heterocycles. The molecule has 4 heteroatoms. The maximum atomic E-state index is 5.62. The minimum Gasteiger partial charge on any atom is -0.358 e. The van der Waals surface area contributed by atoms with Gasteiger partial charge in [-0.05, 0) is 27.1 Å². The quantitative estimate of drug-likeness (QED) is 0.416. The number of nitrogens with one attached hydrogen (secondary N) is 2.